The fourth-order valence-corrected chi connectivity index (χ4v) is 2.14. The van der Waals surface area contributed by atoms with Gasteiger partial charge in [-0.2, -0.15) is 0 Å². The number of rotatable bonds is 8. The number of halogens is 1. The molecule has 0 amide bonds. The van der Waals surface area contributed by atoms with Crippen LogP contribution in [0.25, 0.3) is 0 Å². The molecule has 3 heteroatoms. The molecule has 0 aliphatic heterocycles. The molecular weight excluding hydrogens is 256 g/mol. The molecule has 1 aromatic carbocycles. The van der Waals surface area contributed by atoms with Gasteiger partial charge < -0.3 is 10.2 Å². The van der Waals surface area contributed by atoms with E-state index in [0.29, 0.717) is 0 Å². The summed E-state index contributed by atoms with van der Waals surface area (Å²) in [4.78, 5) is 2.27. The van der Waals surface area contributed by atoms with Gasteiger partial charge >= 0.3 is 0 Å². The largest absolute Gasteiger partial charge is 0.375 e. The Labute approximate surface area is 123 Å². The Kier molecular flexibility index (Phi) is 7.25. The topological polar surface area (TPSA) is 15.3 Å². The molecule has 0 radical (unpaired) electrons. The maximum atomic E-state index is 6.35. The predicted octanol–water partition coefficient (Wildman–Crippen LogP) is 4.32. The lowest BCUT2D eigenvalue weighted by atomic mass is 10.1. The van der Waals surface area contributed by atoms with E-state index in [0.717, 1.165) is 37.0 Å². The van der Waals surface area contributed by atoms with Gasteiger partial charge in [0.1, 0.15) is 0 Å². The molecule has 0 bridgehead atoms. The third-order valence-corrected chi connectivity index (χ3v) is 3.61. The minimum absolute atomic E-state index is 0.732. The SMILES string of the molecule is CCCNCc1ccc(N(C)CCC(C)C)cc1Cl. The number of benzene rings is 1. The molecule has 0 aromatic heterocycles. The first-order chi connectivity index (χ1) is 9.04. The second kappa shape index (κ2) is 8.44. The lowest BCUT2D eigenvalue weighted by Gasteiger charge is -2.21. The average molecular weight is 283 g/mol. The van der Waals surface area contributed by atoms with E-state index in [1.807, 2.05) is 0 Å². The van der Waals surface area contributed by atoms with Crippen LogP contribution in [-0.4, -0.2) is 20.1 Å². The minimum atomic E-state index is 0.732. The van der Waals surface area contributed by atoms with Crippen LogP contribution in [0.3, 0.4) is 0 Å². The summed E-state index contributed by atoms with van der Waals surface area (Å²) in [5, 5.41) is 4.24. The van der Waals surface area contributed by atoms with E-state index in [4.69, 9.17) is 11.6 Å². The molecule has 0 unspecified atom stereocenters. The molecule has 19 heavy (non-hydrogen) atoms. The van der Waals surface area contributed by atoms with Crippen molar-refractivity contribution in [3.63, 3.8) is 0 Å². The van der Waals surface area contributed by atoms with Crippen LogP contribution in [0.1, 0.15) is 39.2 Å². The zero-order chi connectivity index (χ0) is 14.3. The quantitative estimate of drug-likeness (QED) is 0.714. The van der Waals surface area contributed by atoms with Crippen LogP contribution in [0.5, 0.6) is 0 Å². The molecule has 1 N–H and O–H groups in total. The van der Waals surface area contributed by atoms with E-state index in [9.17, 15) is 0 Å². The molecule has 0 saturated heterocycles. The summed E-state index contributed by atoms with van der Waals surface area (Å²) in [6.45, 7) is 9.63. The highest BCUT2D eigenvalue weighted by atomic mass is 35.5. The summed E-state index contributed by atoms with van der Waals surface area (Å²) < 4.78 is 0. The second-order valence-corrected chi connectivity index (χ2v) is 5.96. The summed E-state index contributed by atoms with van der Waals surface area (Å²) in [6.07, 6.45) is 2.35. The summed E-state index contributed by atoms with van der Waals surface area (Å²) in [6, 6.07) is 6.37. The molecule has 1 rings (SSSR count). The second-order valence-electron chi connectivity index (χ2n) is 5.56. The normalized spacial score (nSPS) is 11.1. The Morgan fingerprint density at radius 3 is 2.63 bits per heavy atom. The van der Waals surface area contributed by atoms with E-state index in [1.54, 1.807) is 0 Å². The molecule has 0 spiro atoms. The van der Waals surface area contributed by atoms with Gasteiger partial charge in [0, 0.05) is 30.8 Å². The van der Waals surface area contributed by atoms with Crippen molar-refractivity contribution >= 4 is 17.3 Å². The van der Waals surface area contributed by atoms with Crippen molar-refractivity contribution in [1.82, 2.24) is 5.32 Å². The van der Waals surface area contributed by atoms with E-state index >= 15 is 0 Å². The van der Waals surface area contributed by atoms with Crippen LogP contribution >= 0.6 is 11.6 Å². The monoisotopic (exact) mass is 282 g/mol. The number of hydrogen-bond acceptors (Lipinski definition) is 2. The number of nitrogens with zero attached hydrogens (tertiary/aromatic N) is 1. The van der Waals surface area contributed by atoms with Gasteiger partial charge in [-0.1, -0.05) is 38.4 Å². The van der Waals surface area contributed by atoms with Gasteiger partial charge in [0.15, 0.2) is 0 Å². The van der Waals surface area contributed by atoms with Crippen LogP contribution in [0.4, 0.5) is 5.69 Å². The molecule has 0 aliphatic carbocycles. The van der Waals surface area contributed by atoms with Crippen molar-refractivity contribution < 1.29 is 0 Å². The number of nitrogens with one attached hydrogen (secondary N) is 1. The van der Waals surface area contributed by atoms with Crippen LogP contribution in [0.2, 0.25) is 5.02 Å². The molecule has 0 aliphatic rings. The zero-order valence-electron chi connectivity index (χ0n) is 12.7. The minimum Gasteiger partial charge on any atom is -0.375 e. The fourth-order valence-electron chi connectivity index (χ4n) is 1.90. The predicted molar refractivity (Wildman–Crippen MR) is 86.2 cm³/mol. The highest BCUT2D eigenvalue weighted by Crippen LogP contribution is 2.23. The molecule has 0 heterocycles. The molecular formula is C16H27ClN2. The Morgan fingerprint density at radius 2 is 2.05 bits per heavy atom. The maximum Gasteiger partial charge on any atom is 0.0471 e. The Hall–Kier alpha value is -0.730. The van der Waals surface area contributed by atoms with Gasteiger partial charge in [-0.25, -0.2) is 0 Å². The van der Waals surface area contributed by atoms with Crippen LogP contribution in [-0.2, 0) is 6.54 Å². The highest BCUT2D eigenvalue weighted by Gasteiger charge is 2.06. The Morgan fingerprint density at radius 1 is 1.32 bits per heavy atom. The Balaban J connectivity index is 2.59. The molecule has 2 nitrogen and oxygen atoms in total. The first-order valence-corrected chi connectivity index (χ1v) is 7.62. The van der Waals surface area contributed by atoms with Crippen molar-refractivity contribution in [2.75, 3.05) is 25.0 Å². The summed E-state index contributed by atoms with van der Waals surface area (Å²) in [5.41, 5.74) is 2.38. The third-order valence-electron chi connectivity index (χ3n) is 3.26. The number of hydrogen-bond donors (Lipinski definition) is 1. The van der Waals surface area contributed by atoms with E-state index < -0.39 is 0 Å². The summed E-state index contributed by atoms with van der Waals surface area (Å²) in [7, 11) is 2.13. The summed E-state index contributed by atoms with van der Waals surface area (Å²) >= 11 is 6.35. The van der Waals surface area contributed by atoms with Gasteiger partial charge in [0.25, 0.3) is 0 Å². The smallest absolute Gasteiger partial charge is 0.0471 e. The van der Waals surface area contributed by atoms with Gasteiger partial charge in [-0.15, -0.1) is 0 Å². The van der Waals surface area contributed by atoms with Gasteiger partial charge in [0.2, 0.25) is 0 Å². The molecule has 0 fully saturated rings. The Bertz CT molecular complexity index is 377. The average Bonchev–Trinajstić information content (AvgIpc) is 2.38. The molecule has 0 atom stereocenters. The summed E-state index contributed by atoms with van der Waals surface area (Å²) in [5.74, 6) is 0.732. The van der Waals surface area contributed by atoms with E-state index in [2.05, 4.69) is 56.2 Å². The lowest BCUT2D eigenvalue weighted by Crippen LogP contribution is -2.20. The highest BCUT2D eigenvalue weighted by molar-refractivity contribution is 6.31. The van der Waals surface area contributed by atoms with Gasteiger partial charge in [-0.3, -0.25) is 0 Å². The fraction of sp³-hybridized carbons (Fsp3) is 0.625. The van der Waals surface area contributed by atoms with Crippen molar-refractivity contribution in [2.45, 2.75) is 40.2 Å². The first-order valence-electron chi connectivity index (χ1n) is 7.24. The van der Waals surface area contributed by atoms with Crippen molar-refractivity contribution in [2.24, 2.45) is 5.92 Å². The third kappa shape index (κ3) is 5.84. The van der Waals surface area contributed by atoms with Crippen molar-refractivity contribution in [3.8, 4) is 0 Å². The van der Waals surface area contributed by atoms with E-state index in [1.165, 1.54) is 17.7 Å². The number of anilines is 1. The molecule has 1 aromatic rings. The van der Waals surface area contributed by atoms with Crippen molar-refractivity contribution in [3.05, 3.63) is 28.8 Å². The van der Waals surface area contributed by atoms with Crippen LogP contribution in [0.15, 0.2) is 18.2 Å². The van der Waals surface area contributed by atoms with Crippen LogP contribution in [0, 0.1) is 5.92 Å². The standard InChI is InChI=1S/C16H27ClN2/c1-5-9-18-12-14-6-7-15(11-16(14)17)19(4)10-8-13(2)3/h6-7,11,13,18H,5,8-10,12H2,1-4H3. The van der Waals surface area contributed by atoms with Crippen molar-refractivity contribution in [1.29, 1.82) is 0 Å². The maximum absolute atomic E-state index is 6.35. The van der Waals surface area contributed by atoms with Gasteiger partial charge in [-0.05, 0) is 43.0 Å². The zero-order valence-corrected chi connectivity index (χ0v) is 13.4. The molecule has 108 valence electrons. The molecule has 0 saturated carbocycles. The van der Waals surface area contributed by atoms with Crippen LogP contribution < -0.4 is 10.2 Å². The van der Waals surface area contributed by atoms with Gasteiger partial charge in [0.05, 0.1) is 0 Å². The lowest BCUT2D eigenvalue weighted by molar-refractivity contribution is 0.585. The van der Waals surface area contributed by atoms with E-state index in [-0.39, 0.29) is 0 Å². The first kappa shape index (κ1) is 16.3.